The number of aromatic hydroxyl groups is 1. The van der Waals surface area contributed by atoms with Gasteiger partial charge in [-0.3, -0.25) is 0 Å². The van der Waals surface area contributed by atoms with E-state index in [9.17, 15) is 0 Å². The summed E-state index contributed by atoms with van der Waals surface area (Å²) in [5.74, 6) is 0.323. The van der Waals surface area contributed by atoms with Crippen molar-refractivity contribution in [2.75, 3.05) is 0 Å². The second kappa shape index (κ2) is 4.39. The molecule has 12 heavy (non-hydrogen) atoms. The van der Waals surface area contributed by atoms with Crippen LogP contribution in [0.25, 0.3) is 10.8 Å². The van der Waals surface area contributed by atoms with E-state index in [1.54, 1.807) is 12.1 Å². The van der Waals surface area contributed by atoms with E-state index in [0.717, 1.165) is 10.8 Å². The molecule has 2 heteroatoms. The quantitative estimate of drug-likeness (QED) is 0.556. The number of phenols is 1. The average molecular weight is 184 g/mol. The van der Waals surface area contributed by atoms with Crippen molar-refractivity contribution in [2.45, 2.75) is 0 Å². The van der Waals surface area contributed by atoms with Crippen molar-refractivity contribution in [1.82, 2.24) is 0 Å². The zero-order valence-corrected chi connectivity index (χ0v) is 10.1. The first-order chi connectivity index (χ1) is 5.36. The number of phenolic OH excluding ortho intramolecular Hbond substituents is 1. The molecule has 0 aliphatic carbocycles. The van der Waals surface area contributed by atoms with Crippen LogP contribution in [0.4, 0.5) is 0 Å². The van der Waals surface area contributed by atoms with E-state index in [-0.39, 0.29) is 52.8 Å². The summed E-state index contributed by atoms with van der Waals surface area (Å²) < 4.78 is 0. The van der Waals surface area contributed by atoms with E-state index in [1.165, 1.54) is 0 Å². The van der Waals surface area contributed by atoms with Gasteiger partial charge in [0.15, 0.2) is 0 Å². The van der Waals surface area contributed by atoms with Crippen molar-refractivity contribution in [1.29, 1.82) is 0 Å². The molecular formula is C10H9KO. The maximum Gasteiger partial charge on any atom is 1.00 e. The Kier molecular flexibility index (Phi) is 3.74. The van der Waals surface area contributed by atoms with Gasteiger partial charge in [-0.2, -0.15) is 0 Å². The maximum absolute atomic E-state index is 9.13. The Morgan fingerprint density at radius 3 is 2.33 bits per heavy atom. The zero-order chi connectivity index (χ0) is 7.68. The Morgan fingerprint density at radius 1 is 0.917 bits per heavy atom. The van der Waals surface area contributed by atoms with Crippen LogP contribution in [0.2, 0.25) is 0 Å². The predicted octanol–water partition coefficient (Wildman–Crippen LogP) is -0.338. The van der Waals surface area contributed by atoms with Crippen LogP contribution in [0.1, 0.15) is 1.43 Å². The second-order valence-corrected chi connectivity index (χ2v) is 2.53. The molecule has 0 radical (unpaired) electrons. The first-order valence-corrected chi connectivity index (χ1v) is 3.54. The van der Waals surface area contributed by atoms with Crippen molar-refractivity contribution in [2.24, 2.45) is 0 Å². The van der Waals surface area contributed by atoms with Crippen LogP contribution in [0.5, 0.6) is 5.75 Å². The van der Waals surface area contributed by atoms with Gasteiger partial charge in [-0.25, -0.2) is 0 Å². The summed E-state index contributed by atoms with van der Waals surface area (Å²) in [5.41, 5.74) is 0. The van der Waals surface area contributed by atoms with E-state index in [2.05, 4.69) is 0 Å². The van der Waals surface area contributed by atoms with Gasteiger partial charge >= 0.3 is 51.4 Å². The molecule has 0 saturated carbocycles. The summed E-state index contributed by atoms with van der Waals surface area (Å²) >= 11 is 0. The molecule has 0 fully saturated rings. The standard InChI is InChI=1S/C10H8O.K.H/c11-10-6-5-8-3-1-2-4-9(8)7-10;;/h1-7,11H;;/q;+1;-1. The van der Waals surface area contributed by atoms with Crippen molar-refractivity contribution >= 4 is 10.8 Å². The molecule has 0 aliphatic heterocycles. The Hall–Kier alpha value is 0.136. The van der Waals surface area contributed by atoms with Gasteiger partial charge in [0.1, 0.15) is 5.75 Å². The summed E-state index contributed by atoms with van der Waals surface area (Å²) in [7, 11) is 0. The molecule has 0 atom stereocenters. The molecule has 0 spiro atoms. The first-order valence-electron chi connectivity index (χ1n) is 3.54. The van der Waals surface area contributed by atoms with Gasteiger partial charge in [-0.15, -0.1) is 0 Å². The number of rotatable bonds is 0. The molecule has 1 nitrogen and oxygen atoms in total. The van der Waals surface area contributed by atoms with Crippen molar-refractivity contribution in [3.05, 3.63) is 42.5 Å². The topological polar surface area (TPSA) is 20.2 Å². The van der Waals surface area contributed by atoms with Crippen LogP contribution >= 0.6 is 0 Å². The Bertz CT molecular complexity index is 389. The largest absolute Gasteiger partial charge is 1.00 e. The van der Waals surface area contributed by atoms with E-state index in [4.69, 9.17) is 5.11 Å². The Labute approximate surface area is 115 Å². The minimum Gasteiger partial charge on any atom is -1.00 e. The minimum atomic E-state index is 0. The molecule has 0 aromatic heterocycles. The molecule has 0 heterocycles. The van der Waals surface area contributed by atoms with E-state index < -0.39 is 0 Å². The van der Waals surface area contributed by atoms with Gasteiger partial charge in [-0.1, -0.05) is 30.3 Å². The summed E-state index contributed by atoms with van der Waals surface area (Å²) in [6.45, 7) is 0. The second-order valence-electron chi connectivity index (χ2n) is 2.53. The number of hydrogen-bond acceptors (Lipinski definition) is 1. The van der Waals surface area contributed by atoms with Crippen LogP contribution in [0, 0.1) is 0 Å². The molecule has 56 valence electrons. The smallest absolute Gasteiger partial charge is 1.00 e. The fraction of sp³-hybridized carbons (Fsp3) is 0. The third-order valence-corrected chi connectivity index (χ3v) is 1.73. The van der Waals surface area contributed by atoms with Gasteiger partial charge in [0.25, 0.3) is 0 Å². The zero-order valence-electron chi connectivity index (χ0n) is 7.99. The molecule has 0 bridgehead atoms. The van der Waals surface area contributed by atoms with E-state index >= 15 is 0 Å². The first kappa shape index (κ1) is 10.2. The molecule has 1 N–H and O–H groups in total. The van der Waals surface area contributed by atoms with Crippen LogP contribution in [-0.2, 0) is 0 Å². The summed E-state index contributed by atoms with van der Waals surface area (Å²) in [6, 6.07) is 13.3. The third-order valence-electron chi connectivity index (χ3n) is 1.73. The van der Waals surface area contributed by atoms with Gasteiger partial charge in [0.05, 0.1) is 0 Å². The third kappa shape index (κ3) is 2.09. The molecule has 0 aliphatic rings. The van der Waals surface area contributed by atoms with Gasteiger partial charge in [0, 0.05) is 0 Å². The molecule has 0 amide bonds. The Morgan fingerprint density at radius 2 is 1.58 bits per heavy atom. The van der Waals surface area contributed by atoms with Crippen LogP contribution in [0.15, 0.2) is 42.5 Å². The van der Waals surface area contributed by atoms with Crippen LogP contribution < -0.4 is 51.4 Å². The average Bonchev–Trinajstić information content (AvgIpc) is 2.04. The molecule has 2 aromatic rings. The van der Waals surface area contributed by atoms with Gasteiger partial charge in [-0.05, 0) is 22.9 Å². The number of fused-ring (bicyclic) bond motifs is 1. The molecule has 2 rings (SSSR count). The van der Waals surface area contributed by atoms with E-state index in [0.29, 0.717) is 5.75 Å². The van der Waals surface area contributed by atoms with Gasteiger partial charge in [0.2, 0.25) is 0 Å². The molecule has 0 unspecified atom stereocenters. The fourth-order valence-electron chi connectivity index (χ4n) is 1.18. The van der Waals surface area contributed by atoms with Crippen molar-refractivity contribution < 1.29 is 57.9 Å². The number of hydrogen-bond donors (Lipinski definition) is 1. The predicted molar refractivity (Wildman–Crippen MR) is 46.7 cm³/mol. The van der Waals surface area contributed by atoms with Crippen molar-refractivity contribution in [3.8, 4) is 5.75 Å². The fourth-order valence-corrected chi connectivity index (χ4v) is 1.18. The Balaban J connectivity index is 0.000000720. The van der Waals surface area contributed by atoms with Crippen molar-refractivity contribution in [3.63, 3.8) is 0 Å². The normalized spacial score (nSPS) is 9.33. The summed E-state index contributed by atoms with van der Waals surface area (Å²) in [5, 5.41) is 11.4. The van der Waals surface area contributed by atoms with Crippen LogP contribution in [-0.4, -0.2) is 5.11 Å². The van der Waals surface area contributed by atoms with Crippen LogP contribution in [0.3, 0.4) is 0 Å². The van der Waals surface area contributed by atoms with E-state index in [1.807, 2.05) is 30.3 Å². The summed E-state index contributed by atoms with van der Waals surface area (Å²) in [4.78, 5) is 0. The maximum atomic E-state index is 9.13. The minimum absolute atomic E-state index is 0. The molecule has 2 aromatic carbocycles. The van der Waals surface area contributed by atoms with Gasteiger partial charge < -0.3 is 6.53 Å². The SMILES string of the molecule is Oc1ccc2ccccc2c1.[H-].[K+]. The number of benzene rings is 2. The molecule has 0 saturated heterocycles. The molecular weight excluding hydrogens is 175 g/mol. The summed E-state index contributed by atoms with van der Waals surface area (Å²) in [6.07, 6.45) is 0. The monoisotopic (exact) mass is 184 g/mol.